The van der Waals surface area contributed by atoms with Crippen LogP contribution in [-0.2, 0) is 11.3 Å². The minimum Gasteiger partial charge on any atom is -0.478 e. The highest BCUT2D eigenvalue weighted by Crippen LogP contribution is 2.27. The summed E-state index contributed by atoms with van der Waals surface area (Å²) in [4.78, 5) is 29.7. The quantitative estimate of drug-likeness (QED) is 0.873. The predicted octanol–water partition coefficient (Wildman–Crippen LogP) is 2.43. The summed E-state index contributed by atoms with van der Waals surface area (Å²) in [5.41, 5.74) is 2.00. The lowest BCUT2D eigenvalue weighted by molar-refractivity contribution is 0.0115. The molecule has 2 aromatic rings. The fraction of sp³-hybridized carbons (Fsp3) is 0.353. The number of thiazole rings is 1. The summed E-state index contributed by atoms with van der Waals surface area (Å²) in [6.45, 7) is 3.71. The molecule has 1 aromatic heterocycles. The highest BCUT2D eigenvalue weighted by Gasteiger charge is 2.30. The molecule has 2 N–H and O–H groups in total. The summed E-state index contributed by atoms with van der Waals surface area (Å²) in [5, 5.41) is 14.6. The van der Waals surface area contributed by atoms with Crippen molar-refractivity contribution in [1.29, 1.82) is 0 Å². The molecule has 1 aliphatic heterocycles. The van der Waals surface area contributed by atoms with E-state index in [0.29, 0.717) is 26.3 Å². The number of hydrogen-bond donors (Lipinski definition) is 2. The molecule has 1 aromatic carbocycles. The SMILES string of the molecule is Cc1csc(C2COCCN2C(=O)NCc2ccc(C(=O)O)cc2)n1. The maximum absolute atomic E-state index is 12.6. The van der Waals surface area contributed by atoms with Gasteiger partial charge >= 0.3 is 12.0 Å². The molecule has 0 bridgehead atoms. The molecular formula is C17H19N3O4S. The third kappa shape index (κ3) is 4.15. The van der Waals surface area contributed by atoms with Crippen LogP contribution in [0.15, 0.2) is 29.6 Å². The number of morpholine rings is 1. The van der Waals surface area contributed by atoms with Gasteiger partial charge in [0.15, 0.2) is 0 Å². The fourth-order valence-electron chi connectivity index (χ4n) is 2.62. The lowest BCUT2D eigenvalue weighted by Gasteiger charge is -2.34. The van der Waals surface area contributed by atoms with Crippen LogP contribution in [0.4, 0.5) is 4.79 Å². The summed E-state index contributed by atoms with van der Waals surface area (Å²) < 4.78 is 5.51. The van der Waals surface area contributed by atoms with Crippen molar-refractivity contribution >= 4 is 23.3 Å². The topological polar surface area (TPSA) is 91.8 Å². The summed E-state index contributed by atoms with van der Waals surface area (Å²) in [6.07, 6.45) is 0. The van der Waals surface area contributed by atoms with Crippen molar-refractivity contribution in [3.8, 4) is 0 Å². The number of nitrogens with one attached hydrogen (secondary N) is 1. The Hall–Kier alpha value is -2.45. The first-order valence-corrected chi connectivity index (χ1v) is 8.79. The molecular weight excluding hydrogens is 342 g/mol. The van der Waals surface area contributed by atoms with Crippen LogP contribution in [0.25, 0.3) is 0 Å². The second kappa shape index (κ2) is 7.62. The number of aromatic carboxylic acids is 1. The van der Waals surface area contributed by atoms with Crippen molar-refractivity contribution in [3.63, 3.8) is 0 Å². The molecule has 1 atom stereocenters. The number of carboxylic acid groups (broad SMARTS) is 1. The molecule has 132 valence electrons. The molecule has 3 rings (SSSR count). The van der Waals surface area contributed by atoms with Crippen molar-refractivity contribution in [2.24, 2.45) is 0 Å². The number of amides is 2. The number of carbonyl (C=O) groups excluding carboxylic acids is 1. The Morgan fingerprint density at radius 2 is 2.16 bits per heavy atom. The highest BCUT2D eigenvalue weighted by atomic mass is 32.1. The smallest absolute Gasteiger partial charge is 0.335 e. The van der Waals surface area contributed by atoms with Gasteiger partial charge in [0.25, 0.3) is 0 Å². The van der Waals surface area contributed by atoms with E-state index in [-0.39, 0.29) is 17.6 Å². The molecule has 1 fully saturated rings. The van der Waals surface area contributed by atoms with E-state index >= 15 is 0 Å². The fourth-order valence-corrected chi connectivity index (χ4v) is 3.51. The van der Waals surface area contributed by atoms with Crippen LogP contribution < -0.4 is 5.32 Å². The Morgan fingerprint density at radius 1 is 1.40 bits per heavy atom. The van der Waals surface area contributed by atoms with Gasteiger partial charge in [0.1, 0.15) is 11.0 Å². The largest absolute Gasteiger partial charge is 0.478 e. The third-order valence-corrected chi connectivity index (χ3v) is 5.02. The van der Waals surface area contributed by atoms with Gasteiger partial charge in [-0.2, -0.15) is 0 Å². The first-order chi connectivity index (χ1) is 12.0. The number of ether oxygens (including phenoxy) is 1. The molecule has 7 nitrogen and oxygen atoms in total. The van der Waals surface area contributed by atoms with E-state index in [1.807, 2.05) is 12.3 Å². The monoisotopic (exact) mass is 361 g/mol. The molecule has 0 radical (unpaired) electrons. The van der Waals surface area contributed by atoms with Crippen molar-refractivity contribution in [1.82, 2.24) is 15.2 Å². The standard InChI is InChI=1S/C17H19N3O4S/c1-11-10-25-15(19-11)14-9-24-7-6-20(14)17(23)18-8-12-2-4-13(5-3-12)16(21)22/h2-5,10,14H,6-9H2,1H3,(H,18,23)(H,21,22). The van der Waals surface area contributed by atoms with Crippen LogP contribution in [0.2, 0.25) is 0 Å². The van der Waals surface area contributed by atoms with Crippen molar-refractivity contribution in [3.05, 3.63) is 51.5 Å². The van der Waals surface area contributed by atoms with Gasteiger partial charge in [-0.3, -0.25) is 0 Å². The third-order valence-electron chi connectivity index (χ3n) is 3.96. The maximum atomic E-state index is 12.6. The van der Waals surface area contributed by atoms with Gasteiger partial charge in [-0.25, -0.2) is 14.6 Å². The van der Waals surface area contributed by atoms with Gasteiger partial charge in [-0.1, -0.05) is 12.1 Å². The Bertz CT molecular complexity index is 760. The van der Waals surface area contributed by atoms with Crippen LogP contribution in [-0.4, -0.2) is 46.7 Å². The Kier molecular flexibility index (Phi) is 5.30. The molecule has 0 spiro atoms. The molecule has 0 aliphatic carbocycles. The number of aryl methyl sites for hydroxylation is 1. The molecule has 1 unspecified atom stereocenters. The molecule has 2 heterocycles. The van der Waals surface area contributed by atoms with Crippen molar-refractivity contribution in [2.75, 3.05) is 19.8 Å². The Morgan fingerprint density at radius 3 is 2.80 bits per heavy atom. The number of rotatable bonds is 4. The van der Waals surface area contributed by atoms with Gasteiger partial charge in [-0.05, 0) is 24.6 Å². The average molecular weight is 361 g/mol. The lowest BCUT2D eigenvalue weighted by Crippen LogP contribution is -2.47. The number of aromatic nitrogens is 1. The lowest BCUT2D eigenvalue weighted by atomic mass is 10.1. The van der Waals surface area contributed by atoms with E-state index in [1.54, 1.807) is 17.0 Å². The van der Waals surface area contributed by atoms with Gasteiger partial charge in [0.2, 0.25) is 0 Å². The van der Waals surface area contributed by atoms with Crippen molar-refractivity contribution in [2.45, 2.75) is 19.5 Å². The minimum absolute atomic E-state index is 0.177. The highest BCUT2D eigenvalue weighted by molar-refractivity contribution is 7.09. The maximum Gasteiger partial charge on any atom is 0.335 e. The van der Waals surface area contributed by atoms with E-state index in [0.717, 1.165) is 16.3 Å². The van der Waals surface area contributed by atoms with E-state index in [2.05, 4.69) is 10.3 Å². The van der Waals surface area contributed by atoms with Crippen molar-refractivity contribution < 1.29 is 19.4 Å². The summed E-state index contributed by atoms with van der Waals surface area (Å²) in [6, 6.07) is 6.10. The Balaban J connectivity index is 1.63. The number of carbonyl (C=O) groups is 2. The van der Waals surface area contributed by atoms with Crippen LogP contribution >= 0.6 is 11.3 Å². The normalized spacial score (nSPS) is 17.3. The molecule has 0 saturated carbocycles. The molecule has 25 heavy (non-hydrogen) atoms. The summed E-state index contributed by atoms with van der Waals surface area (Å²) >= 11 is 1.53. The number of benzene rings is 1. The number of hydrogen-bond acceptors (Lipinski definition) is 5. The molecule has 1 aliphatic rings. The first kappa shape index (κ1) is 17.4. The van der Waals surface area contributed by atoms with Gasteiger partial charge in [0, 0.05) is 24.2 Å². The van der Waals surface area contributed by atoms with E-state index in [1.165, 1.54) is 23.5 Å². The van der Waals surface area contributed by atoms with Gasteiger partial charge in [-0.15, -0.1) is 11.3 Å². The zero-order valence-corrected chi connectivity index (χ0v) is 14.6. The Labute approximate surface area is 149 Å². The molecule has 8 heteroatoms. The molecule has 2 amide bonds. The summed E-state index contributed by atoms with van der Waals surface area (Å²) in [7, 11) is 0. The van der Waals surface area contributed by atoms with Crippen LogP contribution in [0, 0.1) is 6.92 Å². The first-order valence-electron chi connectivity index (χ1n) is 7.91. The number of carboxylic acids is 1. The number of nitrogens with zero attached hydrogens (tertiary/aromatic N) is 2. The van der Waals surface area contributed by atoms with Crippen LogP contribution in [0.1, 0.15) is 32.7 Å². The second-order valence-corrected chi connectivity index (χ2v) is 6.66. The van der Waals surface area contributed by atoms with Gasteiger partial charge < -0.3 is 20.1 Å². The minimum atomic E-state index is -0.967. The summed E-state index contributed by atoms with van der Waals surface area (Å²) in [5.74, 6) is -0.967. The van der Waals surface area contributed by atoms with E-state index in [4.69, 9.17) is 9.84 Å². The van der Waals surface area contributed by atoms with Crippen LogP contribution in [0.3, 0.4) is 0 Å². The molecule has 1 saturated heterocycles. The number of urea groups is 1. The van der Waals surface area contributed by atoms with Crippen LogP contribution in [0.5, 0.6) is 0 Å². The zero-order valence-electron chi connectivity index (χ0n) is 13.8. The average Bonchev–Trinajstić information content (AvgIpc) is 3.06. The van der Waals surface area contributed by atoms with E-state index < -0.39 is 5.97 Å². The second-order valence-electron chi connectivity index (χ2n) is 5.77. The van der Waals surface area contributed by atoms with E-state index in [9.17, 15) is 9.59 Å². The zero-order chi connectivity index (χ0) is 17.8. The van der Waals surface area contributed by atoms with Gasteiger partial charge in [0.05, 0.1) is 18.8 Å². The predicted molar refractivity (Wildman–Crippen MR) is 92.8 cm³/mol.